The molecule has 6 heteroatoms. The molecule has 152 valence electrons. The minimum atomic E-state index is -4.41. The molecule has 0 saturated carbocycles. The molecule has 0 aliphatic heterocycles. The summed E-state index contributed by atoms with van der Waals surface area (Å²) in [4.78, 5) is 0. The van der Waals surface area contributed by atoms with Crippen LogP contribution in [-0.4, -0.2) is 29.4 Å². The van der Waals surface area contributed by atoms with Crippen molar-refractivity contribution in [1.29, 1.82) is 0 Å². The van der Waals surface area contributed by atoms with Crippen molar-refractivity contribution < 1.29 is 47.6 Å². The first kappa shape index (κ1) is 29.1. The Morgan fingerprint density at radius 1 is 0.692 bits per heavy atom. The second-order valence-corrected chi connectivity index (χ2v) is 9.01. The van der Waals surface area contributed by atoms with Crippen LogP contribution in [0.25, 0.3) is 0 Å². The maximum Gasteiger partial charge on any atom is 1.00 e. The number of hydrogen-bond donors (Lipinski definition) is 1. The van der Waals surface area contributed by atoms with Crippen LogP contribution in [0, 0.1) is 0 Å². The number of aliphatic hydroxyl groups is 1. The van der Waals surface area contributed by atoms with E-state index >= 15 is 0 Å². The van der Waals surface area contributed by atoms with Crippen LogP contribution < -0.4 is 29.6 Å². The van der Waals surface area contributed by atoms with E-state index in [-0.39, 0.29) is 29.6 Å². The monoisotopic (exact) mass is 400 g/mol. The first-order valence-electron chi connectivity index (χ1n) is 10.6. The third-order valence-corrected chi connectivity index (χ3v) is 6.29. The van der Waals surface area contributed by atoms with Gasteiger partial charge in [0.15, 0.2) is 0 Å². The van der Waals surface area contributed by atoms with Crippen molar-refractivity contribution in [3.8, 4) is 0 Å². The molecule has 0 fully saturated rings. The summed E-state index contributed by atoms with van der Waals surface area (Å²) in [5, 5.41) is 8.93. The van der Waals surface area contributed by atoms with Gasteiger partial charge in [0, 0.05) is 0 Å². The van der Waals surface area contributed by atoms with E-state index in [2.05, 4.69) is 13.8 Å². The summed E-state index contributed by atoms with van der Waals surface area (Å²) in [6.07, 6.45) is 15.6. The average Bonchev–Trinajstić information content (AvgIpc) is 2.55. The molecule has 0 spiro atoms. The van der Waals surface area contributed by atoms with E-state index in [1.807, 2.05) is 0 Å². The van der Waals surface area contributed by atoms with Crippen LogP contribution in [0.3, 0.4) is 0 Å². The summed E-state index contributed by atoms with van der Waals surface area (Å²) in [6, 6.07) is 0. The molecule has 4 nitrogen and oxygen atoms in total. The zero-order valence-corrected chi connectivity index (χ0v) is 20.4. The fourth-order valence-corrected chi connectivity index (χ4v) is 4.30. The average molecular weight is 401 g/mol. The Morgan fingerprint density at radius 2 is 1.04 bits per heavy atom. The Balaban J connectivity index is 0. The quantitative estimate of drug-likeness (QED) is 0.218. The van der Waals surface area contributed by atoms with Gasteiger partial charge in [-0.2, -0.15) is 0 Å². The fraction of sp³-hybridized carbons (Fsp3) is 1.00. The van der Waals surface area contributed by atoms with E-state index in [9.17, 15) is 18.1 Å². The Morgan fingerprint density at radius 3 is 1.46 bits per heavy atom. The molecule has 1 N–H and O–H groups in total. The van der Waals surface area contributed by atoms with E-state index in [0.717, 1.165) is 32.1 Å². The zero-order chi connectivity index (χ0) is 19.0. The minimum Gasteiger partial charge on any atom is -0.748 e. The van der Waals surface area contributed by atoms with Crippen molar-refractivity contribution in [2.75, 3.05) is 0 Å². The number of aliphatic hydroxyl groups excluding tert-OH is 1. The molecule has 0 bridgehead atoms. The molecule has 2 atom stereocenters. The first-order chi connectivity index (χ1) is 11.9. The van der Waals surface area contributed by atoms with Crippen LogP contribution in [0.1, 0.15) is 117 Å². The summed E-state index contributed by atoms with van der Waals surface area (Å²) in [7, 11) is -4.41. The van der Waals surface area contributed by atoms with Gasteiger partial charge in [-0.25, -0.2) is 8.42 Å². The molecule has 0 aromatic carbocycles. The molecule has 0 saturated heterocycles. The van der Waals surface area contributed by atoms with Gasteiger partial charge < -0.3 is 9.66 Å². The van der Waals surface area contributed by atoms with Crippen LogP contribution in [0.2, 0.25) is 0 Å². The molecular formula is C20H41NaO4S. The second-order valence-electron chi connectivity index (χ2n) is 7.42. The predicted octanol–water partition coefficient (Wildman–Crippen LogP) is 2.55. The van der Waals surface area contributed by atoms with Crippen LogP contribution >= 0.6 is 0 Å². The number of unbranched alkanes of at least 4 members (excludes halogenated alkanes) is 12. The molecule has 0 aromatic rings. The van der Waals surface area contributed by atoms with Gasteiger partial charge in [-0.3, -0.25) is 0 Å². The van der Waals surface area contributed by atoms with Gasteiger partial charge in [0.2, 0.25) is 0 Å². The smallest absolute Gasteiger partial charge is 0.748 e. The summed E-state index contributed by atoms with van der Waals surface area (Å²) < 4.78 is 34.2. The van der Waals surface area contributed by atoms with Crippen LogP contribution in [0.15, 0.2) is 0 Å². The first-order valence-corrected chi connectivity index (χ1v) is 12.0. The van der Waals surface area contributed by atoms with Gasteiger partial charge in [-0.15, -0.1) is 0 Å². The second kappa shape index (κ2) is 19.2. The molecule has 0 radical (unpaired) electrons. The van der Waals surface area contributed by atoms with Crippen molar-refractivity contribution in [3.05, 3.63) is 0 Å². The largest absolute Gasteiger partial charge is 1.00 e. The molecule has 0 aliphatic rings. The van der Waals surface area contributed by atoms with Crippen molar-refractivity contribution in [2.24, 2.45) is 0 Å². The van der Waals surface area contributed by atoms with Crippen molar-refractivity contribution in [2.45, 2.75) is 128 Å². The Labute approximate surface area is 185 Å². The minimum absolute atomic E-state index is 0. The summed E-state index contributed by atoms with van der Waals surface area (Å²) >= 11 is 0. The van der Waals surface area contributed by atoms with Gasteiger partial charge in [0.05, 0.1) is 11.4 Å². The third kappa shape index (κ3) is 17.0. The standard InChI is InChI=1S/C20H42O4S.Na/c1-3-5-7-8-9-10-11-12-13-14-16-18-20(25(22,23)24)19(21)17-15-6-4-2;/h19-21H,3-18H2,1-2H3,(H,22,23,24);/q;+1/p-1. The Bertz CT molecular complexity index is 387. The van der Waals surface area contributed by atoms with E-state index in [4.69, 9.17) is 0 Å². The van der Waals surface area contributed by atoms with E-state index in [1.54, 1.807) is 0 Å². The predicted molar refractivity (Wildman–Crippen MR) is 105 cm³/mol. The molecule has 2 unspecified atom stereocenters. The molecule has 0 aromatic heterocycles. The maximum atomic E-state index is 11.4. The van der Waals surface area contributed by atoms with Gasteiger partial charge >= 0.3 is 29.6 Å². The summed E-state index contributed by atoms with van der Waals surface area (Å²) in [6.45, 7) is 4.28. The molecule has 0 aliphatic carbocycles. The van der Waals surface area contributed by atoms with Gasteiger partial charge in [0.25, 0.3) is 0 Å². The molecule has 26 heavy (non-hydrogen) atoms. The maximum absolute atomic E-state index is 11.4. The van der Waals surface area contributed by atoms with Crippen molar-refractivity contribution >= 4 is 10.1 Å². The Kier molecular flexibility index (Phi) is 21.5. The van der Waals surface area contributed by atoms with Crippen LogP contribution in [0.4, 0.5) is 0 Å². The third-order valence-electron chi connectivity index (χ3n) is 5.00. The van der Waals surface area contributed by atoms with Gasteiger partial charge in [0.1, 0.15) is 10.1 Å². The summed E-state index contributed by atoms with van der Waals surface area (Å²) in [5.41, 5.74) is 0. The molecule has 0 amide bonds. The zero-order valence-electron chi connectivity index (χ0n) is 17.5. The van der Waals surface area contributed by atoms with Crippen LogP contribution in [-0.2, 0) is 10.1 Å². The normalized spacial score (nSPS) is 14.0. The van der Waals surface area contributed by atoms with E-state index in [0.29, 0.717) is 19.3 Å². The Hall–Kier alpha value is 0.870. The van der Waals surface area contributed by atoms with E-state index < -0.39 is 21.5 Å². The molecular weight excluding hydrogens is 359 g/mol. The van der Waals surface area contributed by atoms with E-state index in [1.165, 1.54) is 51.4 Å². The fourth-order valence-electron chi connectivity index (χ4n) is 3.33. The van der Waals surface area contributed by atoms with Crippen molar-refractivity contribution in [1.82, 2.24) is 0 Å². The number of rotatable bonds is 18. The molecule has 0 heterocycles. The topological polar surface area (TPSA) is 77.4 Å². The van der Waals surface area contributed by atoms with Gasteiger partial charge in [-0.05, 0) is 12.8 Å². The molecule has 0 rings (SSSR count). The van der Waals surface area contributed by atoms with Crippen molar-refractivity contribution in [3.63, 3.8) is 0 Å². The van der Waals surface area contributed by atoms with Crippen LogP contribution in [0.5, 0.6) is 0 Å². The van der Waals surface area contributed by atoms with Gasteiger partial charge in [-0.1, -0.05) is 104 Å². The SMILES string of the molecule is CCCCCCCCCCCCCC(C(O)CCCCC)S(=O)(=O)[O-].[Na+]. The number of hydrogen-bond acceptors (Lipinski definition) is 4. The summed E-state index contributed by atoms with van der Waals surface area (Å²) in [5.74, 6) is 0.